The highest BCUT2D eigenvalue weighted by molar-refractivity contribution is 9.10. The van der Waals surface area contributed by atoms with Gasteiger partial charge in [-0.1, -0.05) is 145 Å². The van der Waals surface area contributed by atoms with Crippen molar-refractivity contribution >= 4 is 142 Å². The van der Waals surface area contributed by atoms with Crippen LogP contribution in [0.4, 0.5) is 0 Å². The molecule has 9 heterocycles. The quantitative estimate of drug-likeness (QED) is 0.137. The van der Waals surface area contributed by atoms with Gasteiger partial charge in [-0.05, 0) is 137 Å². The van der Waals surface area contributed by atoms with Crippen LogP contribution < -0.4 is 0 Å². The number of nitrogens with zero attached hydrogens (tertiary/aromatic N) is 9. The molecule has 0 fully saturated rings. The summed E-state index contributed by atoms with van der Waals surface area (Å²) in [4.78, 5) is 21.2. The van der Waals surface area contributed by atoms with Gasteiger partial charge in [-0.3, -0.25) is 4.40 Å². The third kappa shape index (κ3) is 8.08. The molecule has 0 aliphatic carbocycles. The molecule has 9 aromatic heterocycles. The van der Waals surface area contributed by atoms with Gasteiger partial charge in [0, 0.05) is 119 Å². The summed E-state index contributed by atoms with van der Waals surface area (Å²) in [6.45, 7) is 0. The third-order valence-electron chi connectivity index (χ3n) is 17.0. The van der Waals surface area contributed by atoms with Crippen molar-refractivity contribution in [3.05, 3.63) is 296 Å². The summed E-state index contributed by atoms with van der Waals surface area (Å²) in [5.74, 6) is 0.873. The molecule has 10 nitrogen and oxygen atoms in total. The number of hydrogen-bond acceptors (Lipinski definition) is 4. The Hall–Kier alpha value is -11.1. The Labute approximate surface area is 516 Å². The fourth-order valence-corrected chi connectivity index (χ4v) is 13.7. The van der Waals surface area contributed by atoms with Gasteiger partial charge in [0.15, 0.2) is 0 Å². The number of imidazole rings is 2. The molecule has 0 unspecified atom stereocenters. The van der Waals surface area contributed by atoms with Crippen molar-refractivity contribution in [1.29, 1.82) is 0 Å². The van der Waals surface area contributed by atoms with Crippen LogP contribution in [0.2, 0.25) is 5.02 Å². The molecule has 0 atom stereocenters. The van der Waals surface area contributed by atoms with E-state index in [0.29, 0.717) is 9.63 Å². The first kappa shape index (κ1) is 51.3. The summed E-state index contributed by atoms with van der Waals surface area (Å²) < 4.78 is 12.4. The van der Waals surface area contributed by atoms with Crippen LogP contribution >= 0.6 is 27.5 Å². The Bertz CT molecular complexity index is 5870. The number of halogens is 2. The first-order valence-corrected chi connectivity index (χ1v) is 30.2. The number of pyridine rings is 3. The van der Waals surface area contributed by atoms with Gasteiger partial charge in [0.2, 0.25) is 0 Å². The van der Waals surface area contributed by atoms with E-state index in [1.807, 2.05) is 30.9 Å². The largest absolute Gasteiger partial charge is 0.345 e. The highest BCUT2D eigenvalue weighted by Crippen LogP contribution is 2.46. The van der Waals surface area contributed by atoms with Gasteiger partial charge in [-0.15, -0.1) is 0 Å². The average molecular weight is 1220 g/mol. The number of hydrogen-bond donors (Lipinski definition) is 1. The predicted molar refractivity (Wildman–Crippen MR) is 366 cm³/mol. The minimum atomic E-state index is 0.646. The van der Waals surface area contributed by atoms with Crippen LogP contribution in [-0.2, 0) is 0 Å². The van der Waals surface area contributed by atoms with Gasteiger partial charge in [0.05, 0.1) is 49.2 Å². The average Bonchev–Trinajstić information content (AvgIpc) is 1.58. The number of nitrogens with one attached hydrogen (secondary N) is 1. The van der Waals surface area contributed by atoms with E-state index in [-0.39, 0.29) is 0 Å². The Morgan fingerprint density at radius 1 is 0.330 bits per heavy atom. The molecular weight excluding hydrogens is 1170 g/mol. The second kappa shape index (κ2) is 20.8. The molecule has 0 aliphatic heterocycles. The molecule has 0 spiro atoms. The first-order valence-electron chi connectivity index (χ1n) is 29.1. The summed E-state index contributed by atoms with van der Waals surface area (Å²) in [6.07, 6.45) is 11.1. The normalized spacial score (nSPS) is 11.8. The fraction of sp³-hybridized carbons (Fsp3) is 0. The summed E-state index contributed by atoms with van der Waals surface area (Å²) in [7, 11) is 0. The SMILES string of the molecule is Clc1cccnc1Br.c1ccc(-n2c3ccccc3c3c2ccc2c4cc5c6cccnc6n6ccnc6c5cc4n(-c4ccccc4)c23)cc1.c1ccc(-n2c3ccccc3c3c2ccc2c4ccc(-c5ncc[nH]5)cc4n(-c4ccccc4)c23)cc1. The topological polar surface area (TPSA) is 91.5 Å². The predicted octanol–water partition coefficient (Wildman–Crippen LogP) is 20.0. The lowest BCUT2D eigenvalue weighted by molar-refractivity contribution is 1.17. The zero-order chi connectivity index (χ0) is 58.4. The van der Waals surface area contributed by atoms with Crippen molar-refractivity contribution in [1.82, 2.24) is 47.6 Å². The van der Waals surface area contributed by atoms with Crippen molar-refractivity contribution < 1.29 is 0 Å². The van der Waals surface area contributed by atoms with E-state index in [9.17, 15) is 0 Å². The zero-order valence-corrected chi connectivity index (χ0v) is 49.3. The molecule has 88 heavy (non-hydrogen) atoms. The monoisotopic (exact) mass is 1210 g/mol. The Balaban J connectivity index is 0.000000122. The van der Waals surface area contributed by atoms with Crippen LogP contribution in [0.3, 0.4) is 0 Å². The number of benzene rings is 10. The van der Waals surface area contributed by atoms with Crippen molar-refractivity contribution in [3.8, 4) is 34.1 Å². The van der Waals surface area contributed by atoms with E-state index < -0.39 is 0 Å². The van der Waals surface area contributed by atoms with Gasteiger partial charge in [-0.25, -0.2) is 19.9 Å². The molecule has 0 aliphatic rings. The van der Waals surface area contributed by atoms with Crippen molar-refractivity contribution in [2.45, 2.75) is 0 Å². The maximum Gasteiger partial charge on any atom is 0.146 e. The molecule has 416 valence electrons. The number of aromatic nitrogens is 10. The van der Waals surface area contributed by atoms with Crippen LogP contribution in [0.15, 0.2) is 291 Å². The number of rotatable bonds is 5. The lowest BCUT2D eigenvalue weighted by Gasteiger charge is -2.11. The second-order valence-electron chi connectivity index (χ2n) is 21.8. The van der Waals surface area contributed by atoms with Gasteiger partial charge in [0.1, 0.15) is 21.7 Å². The third-order valence-corrected chi connectivity index (χ3v) is 18.2. The molecular formula is C76H48BrClN10. The smallest absolute Gasteiger partial charge is 0.146 e. The lowest BCUT2D eigenvalue weighted by Crippen LogP contribution is -1.96. The van der Waals surface area contributed by atoms with Gasteiger partial charge in [-0.2, -0.15) is 0 Å². The number of H-pyrrole nitrogens is 1. The fourth-order valence-electron chi connectivity index (χ4n) is 13.4. The van der Waals surface area contributed by atoms with E-state index in [1.165, 1.54) is 81.7 Å². The van der Waals surface area contributed by atoms with E-state index in [4.69, 9.17) is 21.6 Å². The minimum Gasteiger partial charge on any atom is -0.345 e. The number of fused-ring (bicyclic) bond motifs is 20. The molecule has 0 bridgehead atoms. The Morgan fingerprint density at radius 2 is 0.818 bits per heavy atom. The van der Waals surface area contributed by atoms with Crippen LogP contribution in [-0.4, -0.2) is 47.6 Å². The van der Waals surface area contributed by atoms with E-state index in [1.54, 1.807) is 24.5 Å². The highest BCUT2D eigenvalue weighted by Gasteiger charge is 2.24. The Kier molecular flexibility index (Phi) is 12.2. The lowest BCUT2D eigenvalue weighted by atomic mass is 10.0. The van der Waals surface area contributed by atoms with Crippen LogP contribution in [0, 0.1) is 0 Å². The maximum atomic E-state index is 5.60. The summed E-state index contributed by atoms with van der Waals surface area (Å²) in [5, 5.41) is 13.9. The van der Waals surface area contributed by atoms with Gasteiger partial charge in [0.25, 0.3) is 0 Å². The van der Waals surface area contributed by atoms with Crippen LogP contribution in [0.25, 0.3) is 149 Å². The molecule has 12 heteroatoms. The molecule has 0 amide bonds. The molecule has 19 rings (SSSR count). The standard InChI is InChI=1S/C38H23N5.C33H22N4.C5H3BrClN/c1-3-10-24(11-4-1)42-32-16-8-7-14-28(32)35-33(42)18-17-26-30-22-29-27-15-9-19-39-37(27)41-21-20-40-38(41)31(29)23-34(30)43(36(26)35)25-12-5-2-6-13-25;1-3-9-23(10-4-1)36-28-14-8-7-13-27(28)31-29(36)18-17-26-25-16-15-22(33-34-19-20-35-33)21-30(25)37(32(26)31)24-11-5-2-6-12-24;6-5-4(7)2-1-3-8-5/h1-23H;1-21H,(H,34,35);1-3H. The maximum absolute atomic E-state index is 5.60. The molecule has 10 aromatic carbocycles. The van der Waals surface area contributed by atoms with Crippen LogP contribution in [0.1, 0.15) is 0 Å². The van der Waals surface area contributed by atoms with E-state index in [2.05, 4.69) is 284 Å². The zero-order valence-electron chi connectivity index (χ0n) is 46.9. The van der Waals surface area contributed by atoms with Crippen molar-refractivity contribution in [2.75, 3.05) is 0 Å². The molecule has 0 saturated carbocycles. The van der Waals surface area contributed by atoms with E-state index in [0.717, 1.165) is 67.1 Å². The van der Waals surface area contributed by atoms with Crippen LogP contribution in [0.5, 0.6) is 0 Å². The second-order valence-corrected chi connectivity index (χ2v) is 22.9. The minimum absolute atomic E-state index is 0.646. The Morgan fingerprint density at radius 3 is 1.38 bits per heavy atom. The van der Waals surface area contributed by atoms with Gasteiger partial charge >= 0.3 is 0 Å². The molecule has 0 radical (unpaired) electrons. The summed E-state index contributed by atoms with van der Waals surface area (Å²) in [5.41, 5.74) is 17.0. The molecule has 1 N–H and O–H groups in total. The van der Waals surface area contributed by atoms with Crippen molar-refractivity contribution in [2.24, 2.45) is 0 Å². The van der Waals surface area contributed by atoms with Gasteiger partial charge < -0.3 is 23.3 Å². The molecule has 19 aromatic rings. The summed E-state index contributed by atoms with van der Waals surface area (Å²) in [6, 6.07) is 88.4. The molecule has 0 saturated heterocycles. The first-order chi connectivity index (χ1) is 43.6. The van der Waals surface area contributed by atoms with E-state index >= 15 is 0 Å². The highest BCUT2D eigenvalue weighted by atomic mass is 79.9. The number of aromatic amines is 1. The summed E-state index contributed by atoms with van der Waals surface area (Å²) >= 11 is 8.75. The number of para-hydroxylation sites is 6. The van der Waals surface area contributed by atoms with Crippen molar-refractivity contribution in [3.63, 3.8) is 0 Å².